The van der Waals surface area contributed by atoms with Gasteiger partial charge in [0.05, 0.1) is 11.6 Å². The molecule has 3 aromatic rings. The number of aromatic nitrogens is 1. The van der Waals surface area contributed by atoms with Crippen molar-refractivity contribution in [1.29, 1.82) is 0 Å². The molecule has 0 aliphatic rings. The summed E-state index contributed by atoms with van der Waals surface area (Å²) in [5, 5.41) is 4.57. The zero-order chi connectivity index (χ0) is 14.8. The lowest BCUT2D eigenvalue weighted by Gasteiger charge is -2.18. The lowest BCUT2D eigenvalue weighted by molar-refractivity contribution is 0.691. The second kappa shape index (κ2) is 5.96. The molecule has 0 aliphatic carbocycles. The van der Waals surface area contributed by atoms with Crippen LogP contribution in [0, 0.1) is 6.92 Å². The topological polar surface area (TPSA) is 24.9 Å². The highest BCUT2D eigenvalue weighted by molar-refractivity contribution is 9.10. The van der Waals surface area contributed by atoms with E-state index in [1.165, 1.54) is 22.1 Å². The molecule has 0 spiro atoms. The van der Waals surface area contributed by atoms with Gasteiger partial charge in [-0.15, -0.1) is 0 Å². The maximum atomic E-state index is 4.45. The number of benzene rings is 2. The molecule has 1 unspecified atom stereocenters. The van der Waals surface area contributed by atoms with Crippen LogP contribution in [-0.2, 0) is 0 Å². The van der Waals surface area contributed by atoms with Gasteiger partial charge < -0.3 is 5.32 Å². The lowest BCUT2D eigenvalue weighted by Crippen LogP contribution is -2.17. The van der Waals surface area contributed by atoms with Gasteiger partial charge >= 0.3 is 0 Å². The number of halogens is 1. The van der Waals surface area contributed by atoms with Gasteiger partial charge in [-0.05, 0) is 54.9 Å². The molecule has 2 nitrogen and oxygen atoms in total. The summed E-state index contributed by atoms with van der Waals surface area (Å²) in [6.07, 6.45) is 1.84. The molecule has 1 aromatic heterocycles. The van der Waals surface area contributed by atoms with Gasteiger partial charge in [0.1, 0.15) is 0 Å². The van der Waals surface area contributed by atoms with Crippen LogP contribution >= 0.6 is 15.9 Å². The van der Waals surface area contributed by atoms with Crippen molar-refractivity contribution in [2.24, 2.45) is 0 Å². The van der Waals surface area contributed by atoms with Gasteiger partial charge in [-0.3, -0.25) is 4.98 Å². The van der Waals surface area contributed by atoms with Crippen LogP contribution in [0.5, 0.6) is 0 Å². The summed E-state index contributed by atoms with van der Waals surface area (Å²) in [4.78, 5) is 4.45. The molecule has 0 amide bonds. The van der Waals surface area contributed by atoms with Crippen molar-refractivity contribution < 1.29 is 0 Å². The highest BCUT2D eigenvalue weighted by Gasteiger charge is 2.13. The van der Waals surface area contributed by atoms with E-state index in [2.05, 4.69) is 75.6 Å². The Morgan fingerprint density at radius 1 is 1.05 bits per heavy atom. The number of nitrogens with one attached hydrogen (secondary N) is 1. The molecular weight excluding hydrogens is 324 g/mol. The number of hydrogen-bond donors (Lipinski definition) is 1. The van der Waals surface area contributed by atoms with Crippen molar-refractivity contribution in [3.63, 3.8) is 0 Å². The number of rotatable bonds is 3. The van der Waals surface area contributed by atoms with Crippen molar-refractivity contribution in [2.75, 3.05) is 7.05 Å². The van der Waals surface area contributed by atoms with Crippen molar-refractivity contribution >= 4 is 26.8 Å². The van der Waals surface area contributed by atoms with Gasteiger partial charge in [0.25, 0.3) is 0 Å². The molecular formula is C18H17BrN2. The number of fused-ring (bicyclic) bond motifs is 1. The third-order valence-corrected chi connectivity index (χ3v) is 4.11. The summed E-state index contributed by atoms with van der Waals surface area (Å²) in [7, 11) is 1.99. The molecule has 3 rings (SSSR count). The van der Waals surface area contributed by atoms with E-state index in [9.17, 15) is 0 Å². The molecule has 0 bridgehead atoms. The van der Waals surface area contributed by atoms with E-state index in [1.807, 2.05) is 19.3 Å². The second-order valence-corrected chi connectivity index (χ2v) is 6.15. The first-order valence-corrected chi connectivity index (χ1v) is 7.76. The normalized spacial score (nSPS) is 12.5. The van der Waals surface area contributed by atoms with Gasteiger partial charge in [0.2, 0.25) is 0 Å². The Morgan fingerprint density at radius 2 is 1.90 bits per heavy atom. The third-order valence-electron chi connectivity index (χ3n) is 3.65. The van der Waals surface area contributed by atoms with Crippen LogP contribution in [0.2, 0.25) is 0 Å². The van der Waals surface area contributed by atoms with E-state index >= 15 is 0 Å². The minimum Gasteiger partial charge on any atom is -0.309 e. The summed E-state index contributed by atoms with van der Waals surface area (Å²) in [5.74, 6) is 0. The minimum absolute atomic E-state index is 0.160. The largest absolute Gasteiger partial charge is 0.309 e. The predicted molar refractivity (Wildman–Crippen MR) is 91.5 cm³/mol. The monoisotopic (exact) mass is 340 g/mol. The highest BCUT2D eigenvalue weighted by Crippen LogP contribution is 2.27. The van der Waals surface area contributed by atoms with Crippen molar-refractivity contribution in [3.8, 4) is 0 Å². The first-order valence-electron chi connectivity index (χ1n) is 6.96. The third kappa shape index (κ3) is 2.99. The van der Waals surface area contributed by atoms with Gasteiger partial charge in [-0.1, -0.05) is 40.2 Å². The van der Waals surface area contributed by atoms with Crippen LogP contribution in [0.1, 0.15) is 22.7 Å². The summed E-state index contributed by atoms with van der Waals surface area (Å²) >= 11 is 3.58. The predicted octanol–water partition coefficient (Wildman–Crippen LogP) is 4.61. The van der Waals surface area contributed by atoms with E-state index < -0.39 is 0 Å². The Hall–Kier alpha value is -1.71. The van der Waals surface area contributed by atoms with Crippen molar-refractivity contribution in [1.82, 2.24) is 10.3 Å². The molecule has 21 heavy (non-hydrogen) atoms. The summed E-state index contributed by atoms with van der Waals surface area (Å²) < 4.78 is 1.11. The smallest absolute Gasteiger partial charge is 0.0705 e. The SMILES string of the molecule is CNC(c1cc(C)cc(Br)c1)c1ccc2cccnc2c1. The van der Waals surface area contributed by atoms with Crippen molar-refractivity contribution in [3.05, 3.63) is 75.9 Å². The Kier molecular flexibility index (Phi) is 4.04. The molecule has 0 saturated carbocycles. The Morgan fingerprint density at radius 3 is 2.67 bits per heavy atom. The fourth-order valence-corrected chi connectivity index (χ4v) is 3.35. The zero-order valence-electron chi connectivity index (χ0n) is 12.1. The first-order chi connectivity index (χ1) is 10.2. The molecule has 0 aliphatic heterocycles. The van der Waals surface area contributed by atoms with Crippen molar-refractivity contribution in [2.45, 2.75) is 13.0 Å². The van der Waals surface area contributed by atoms with E-state index in [4.69, 9.17) is 0 Å². The van der Waals surface area contributed by atoms with Gasteiger partial charge in [-0.25, -0.2) is 0 Å². The van der Waals surface area contributed by atoms with Crippen LogP contribution in [0.25, 0.3) is 10.9 Å². The number of nitrogens with zero attached hydrogens (tertiary/aromatic N) is 1. The molecule has 106 valence electrons. The van der Waals surface area contributed by atoms with Crippen LogP contribution in [0.3, 0.4) is 0 Å². The van der Waals surface area contributed by atoms with Crippen LogP contribution < -0.4 is 5.32 Å². The Bertz CT molecular complexity index is 763. The molecule has 0 saturated heterocycles. The Labute approximate surface area is 133 Å². The van der Waals surface area contributed by atoms with Gasteiger partial charge in [0, 0.05) is 16.1 Å². The second-order valence-electron chi connectivity index (χ2n) is 5.24. The fraction of sp³-hybridized carbons (Fsp3) is 0.167. The summed E-state index contributed by atoms with van der Waals surface area (Å²) in [6, 6.07) is 17.2. The molecule has 0 radical (unpaired) electrons. The lowest BCUT2D eigenvalue weighted by atomic mass is 9.96. The molecule has 2 aromatic carbocycles. The van der Waals surface area contributed by atoms with E-state index in [-0.39, 0.29) is 6.04 Å². The van der Waals surface area contributed by atoms with E-state index in [1.54, 1.807) is 0 Å². The quantitative estimate of drug-likeness (QED) is 0.752. The minimum atomic E-state index is 0.160. The molecule has 1 N–H and O–H groups in total. The van der Waals surface area contributed by atoms with Gasteiger partial charge in [0.15, 0.2) is 0 Å². The van der Waals surface area contributed by atoms with E-state index in [0.717, 1.165) is 9.99 Å². The molecule has 0 fully saturated rings. The number of pyridine rings is 1. The maximum Gasteiger partial charge on any atom is 0.0705 e. The van der Waals surface area contributed by atoms with Crippen LogP contribution in [-0.4, -0.2) is 12.0 Å². The molecule has 3 heteroatoms. The van der Waals surface area contributed by atoms with E-state index in [0.29, 0.717) is 0 Å². The molecule has 1 heterocycles. The molecule has 1 atom stereocenters. The highest BCUT2D eigenvalue weighted by atomic mass is 79.9. The summed E-state index contributed by atoms with van der Waals surface area (Å²) in [6.45, 7) is 2.11. The van der Waals surface area contributed by atoms with Gasteiger partial charge in [-0.2, -0.15) is 0 Å². The maximum absolute atomic E-state index is 4.45. The van der Waals surface area contributed by atoms with Crippen LogP contribution in [0.4, 0.5) is 0 Å². The summed E-state index contributed by atoms with van der Waals surface area (Å²) in [5.41, 5.74) is 4.75. The number of hydrogen-bond acceptors (Lipinski definition) is 2. The standard InChI is InChI=1S/C18H17BrN2/c1-12-8-15(10-16(19)9-12)18(20-2)14-6-5-13-4-3-7-21-17(13)11-14/h3-11,18,20H,1-2H3. The Balaban J connectivity index is 2.08. The average Bonchev–Trinajstić information content (AvgIpc) is 2.47. The van der Waals surface area contributed by atoms with Crippen LogP contribution in [0.15, 0.2) is 59.2 Å². The zero-order valence-corrected chi connectivity index (χ0v) is 13.7. The number of aryl methyl sites for hydroxylation is 1. The average molecular weight is 341 g/mol. The fourth-order valence-electron chi connectivity index (χ4n) is 2.72. The first kappa shape index (κ1) is 14.2.